The monoisotopic (exact) mass is 437 g/mol. The van der Waals surface area contributed by atoms with Crippen LogP contribution in [0.1, 0.15) is 26.3 Å². The molecule has 0 aliphatic rings. The van der Waals surface area contributed by atoms with Gasteiger partial charge in [-0.25, -0.2) is 9.18 Å². The molecule has 0 saturated carbocycles. The van der Waals surface area contributed by atoms with Crippen LogP contribution in [-0.4, -0.2) is 28.8 Å². The molecule has 0 atom stereocenters. The van der Waals surface area contributed by atoms with Crippen molar-refractivity contribution in [3.05, 3.63) is 94.3 Å². The molecule has 0 unspecified atom stereocenters. The molecule has 1 N–H and O–H groups in total. The third kappa shape index (κ3) is 4.41. The number of halogens is 2. The second kappa shape index (κ2) is 8.57. The summed E-state index contributed by atoms with van der Waals surface area (Å²) in [6.45, 7) is 0.395. The maximum absolute atomic E-state index is 13.9. The first kappa shape index (κ1) is 20.6. The number of fused-ring (bicyclic) bond motifs is 1. The average molecular weight is 438 g/mol. The Kier molecular flexibility index (Phi) is 5.68. The first-order valence-electron chi connectivity index (χ1n) is 9.35. The van der Waals surface area contributed by atoms with Crippen LogP contribution in [0.4, 0.5) is 10.2 Å². The van der Waals surface area contributed by atoms with Gasteiger partial charge >= 0.3 is 5.97 Å². The molecule has 0 fully saturated rings. The summed E-state index contributed by atoms with van der Waals surface area (Å²) >= 11 is 6.07. The first-order chi connectivity index (χ1) is 14.9. The van der Waals surface area contributed by atoms with Crippen molar-refractivity contribution in [3.8, 4) is 0 Å². The Morgan fingerprint density at radius 1 is 1.06 bits per heavy atom. The zero-order valence-corrected chi connectivity index (χ0v) is 17.2. The summed E-state index contributed by atoms with van der Waals surface area (Å²) in [7, 11) is 1.28. The van der Waals surface area contributed by atoms with Gasteiger partial charge in [0, 0.05) is 16.0 Å². The van der Waals surface area contributed by atoms with Gasteiger partial charge in [0.05, 0.1) is 24.7 Å². The van der Waals surface area contributed by atoms with Crippen LogP contribution in [0.15, 0.2) is 66.7 Å². The van der Waals surface area contributed by atoms with E-state index in [9.17, 15) is 14.0 Å². The van der Waals surface area contributed by atoms with Crippen molar-refractivity contribution in [2.24, 2.45) is 0 Å². The van der Waals surface area contributed by atoms with Crippen molar-refractivity contribution in [2.45, 2.75) is 6.54 Å². The van der Waals surface area contributed by atoms with E-state index >= 15 is 0 Å². The van der Waals surface area contributed by atoms with E-state index in [1.807, 2.05) is 18.2 Å². The van der Waals surface area contributed by atoms with Gasteiger partial charge in [0.1, 0.15) is 5.82 Å². The van der Waals surface area contributed by atoms with Crippen LogP contribution in [-0.2, 0) is 11.3 Å². The van der Waals surface area contributed by atoms with Crippen LogP contribution in [0.2, 0.25) is 5.02 Å². The Hall–Kier alpha value is -3.71. The normalized spacial score (nSPS) is 10.8. The van der Waals surface area contributed by atoms with E-state index in [0.717, 1.165) is 5.56 Å². The zero-order valence-electron chi connectivity index (χ0n) is 16.4. The maximum atomic E-state index is 13.9. The highest BCUT2D eigenvalue weighted by Gasteiger charge is 2.16. The SMILES string of the molecule is COC(=O)c1ccc(C(=O)Nc2nn(Cc3cccc(Cl)c3)c3ccc(F)cc23)cc1. The number of aromatic nitrogens is 2. The quantitative estimate of drug-likeness (QED) is 0.450. The van der Waals surface area contributed by atoms with Gasteiger partial charge in [0.25, 0.3) is 5.91 Å². The van der Waals surface area contributed by atoms with Crippen LogP contribution in [0.25, 0.3) is 10.9 Å². The highest BCUT2D eigenvalue weighted by atomic mass is 35.5. The number of methoxy groups -OCH3 is 1. The summed E-state index contributed by atoms with van der Waals surface area (Å²) < 4.78 is 20.2. The topological polar surface area (TPSA) is 73.2 Å². The molecule has 156 valence electrons. The van der Waals surface area contributed by atoms with Crippen LogP contribution >= 0.6 is 11.6 Å². The number of amides is 1. The Balaban J connectivity index is 1.64. The van der Waals surface area contributed by atoms with Crippen molar-refractivity contribution in [1.29, 1.82) is 0 Å². The fourth-order valence-corrected chi connectivity index (χ4v) is 3.44. The van der Waals surface area contributed by atoms with Crippen LogP contribution in [0.5, 0.6) is 0 Å². The minimum Gasteiger partial charge on any atom is -0.465 e. The van der Waals surface area contributed by atoms with Crippen LogP contribution in [0.3, 0.4) is 0 Å². The molecular weight excluding hydrogens is 421 g/mol. The highest BCUT2D eigenvalue weighted by Crippen LogP contribution is 2.26. The van der Waals surface area contributed by atoms with E-state index in [2.05, 4.69) is 15.2 Å². The van der Waals surface area contributed by atoms with Gasteiger partial charge in [-0.2, -0.15) is 5.10 Å². The first-order valence-corrected chi connectivity index (χ1v) is 9.72. The van der Waals surface area contributed by atoms with E-state index < -0.39 is 17.7 Å². The molecule has 4 rings (SSSR count). The molecule has 3 aromatic carbocycles. The van der Waals surface area contributed by atoms with Crippen LogP contribution < -0.4 is 5.32 Å². The average Bonchev–Trinajstić information content (AvgIpc) is 3.09. The minimum atomic E-state index is -0.492. The highest BCUT2D eigenvalue weighted by molar-refractivity contribution is 6.30. The second-order valence-electron chi connectivity index (χ2n) is 6.82. The third-order valence-corrected chi connectivity index (χ3v) is 4.97. The van der Waals surface area contributed by atoms with Gasteiger partial charge in [-0.3, -0.25) is 9.48 Å². The number of benzene rings is 3. The van der Waals surface area contributed by atoms with E-state index in [1.54, 1.807) is 16.8 Å². The molecule has 0 saturated heterocycles. The third-order valence-electron chi connectivity index (χ3n) is 4.73. The van der Waals surface area contributed by atoms with Gasteiger partial charge in [-0.1, -0.05) is 23.7 Å². The molecule has 0 spiro atoms. The van der Waals surface area contributed by atoms with Gasteiger partial charge < -0.3 is 10.1 Å². The lowest BCUT2D eigenvalue weighted by Crippen LogP contribution is -2.13. The van der Waals surface area contributed by atoms with E-state index in [0.29, 0.717) is 33.6 Å². The Morgan fingerprint density at radius 3 is 2.52 bits per heavy atom. The summed E-state index contributed by atoms with van der Waals surface area (Å²) in [5.41, 5.74) is 2.23. The molecule has 4 aromatic rings. The number of ether oxygens (including phenoxy) is 1. The number of hydrogen-bond donors (Lipinski definition) is 1. The fourth-order valence-electron chi connectivity index (χ4n) is 3.23. The van der Waals surface area contributed by atoms with Gasteiger partial charge in [-0.05, 0) is 60.2 Å². The van der Waals surface area contributed by atoms with E-state index in [4.69, 9.17) is 11.6 Å². The number of rotatable bonds is 5. The number of carbonyl (C=O) groups is 2. The maximum Gasteiger partial charge on any atom is 0.337 e. The smallest absolute Gasteiger partial charge is 0.337 e. The van der Waals surface area contributed by atoms with Crippen molar-refractivity contribution in [2.75, 3.05) is 12.4 Å². The molecule has 31 heavy (non-hydrogen) atoms. The lowest BCUT2D eigenvalue weighted by molar-refractivity contribution is 0.0600. The van der Waals surface area contributed by atoms with E-state index in [1.165, 1.54) is 43.5 Å². The summed E-state index contributed by atoms with van der Waals surface area (Å²) in [5.74, 6) is -1.13. The molecule has 0 aliphatic carbocycles. The number of nitrogens with one attached hydrogen (secondary N) is 1. The molecular formula is C23H17ClFN3O3. The predicted octanol–water partition coefficient (Wildman–Crippen LogP) is 4.92. The zero-order chi connectivity index (χ0) is 22.0. The molecule has 8 heteroatoms. The lowest BCUT2D eigenvalue weighted by atomic mass is 10.1. The number of carbonyl (C=O) groups excluding carboxylic acids is 2. The molecule has 0 radical (unpaired) electrons. The summed E-state index contributed by atoms with van der Waals surface area (Å²) in [5, 5.41) is 8.28. The second-order valence-corrected chi connectivity index (χ2v) is 7.26. The number of esters is 1. The lowest BCUT2D eigenvalue weighted by Gasteiger charge is -2.05. The van der Waals surface area contributed by atoms with Gasteiger partial charge in [-0.15, -0.1) is 0 Å². The number of anilines is 1. The summed E-state index contributed by atoms with van der Waals surface area (Å²) in [4.78, 5) is 24.3. The molecule has 0 aliphatic heterocycles. The standard InChI is InChI=1S/C23H17ClFN3O3/c1-31-23(30)16-7-5-15(6-8-16)22(29)26-21-19-12-18(25)9-10-20(19)28(27-21)13-14-3-2-4-17(24)11-14/h2-12H,13H2,1H3,(H,26,27,29). The molecule has 1 aromatic heterocycles. The Labute approximate surface area is 182 Å². The minimum absolute atomic E-state index is 0.235. The molecule has 1 heterocycles. The largest absolute Gasteiger partial charge is 0.465 e. The summed E-state index contributed by atoms with van der Waals surface area (Å²) in [6, 6.07) is 17.6. The number of hydrogen-bond acceptors (Lipinski definition) is 4. The van der Waals surface area contributed by atoms with Crippen molar-refractivity contribution in [1.82, 2.24) is 9.78 Å². The number of nitrogens with zero attached hydrogens (tertiary/aromatic N) is 2. The molecule has 0 bridgehead atoms. The van der Waals surface area contributed by atoms with Crippen molar-refractivity contribution in [3.63, 3.8) is 0 Å². The predicted molar refractivity (Wildman–Crippen MR) is 116 cm³/mol. The molecule has 6 nitrogen and oxygen atoms in total. The van der Waals surface area contributed by atoms with Crippen molar-refractivity contribution >= 4 is 40.2 Å². The Bertz CT molecular complexity index is 1290. The van der Waals surface area contributed by atoms with Gasteiger partial charge in [0.2, 0.25) is 0 Å². The van der Waals surface area contributed by atoms with Gasteiger partial charge in [0.15, 0.2) is 5.82 Å². The van der Waals surface area contributed by atoms with E-state index in [-0.39, 0.29) is 5.82 Å². The summed E-state index contributed by atoms with van der Waals surface area (Å²) in [6.07, 6.45) is 0. The Morgan fingerprint density at radius 2 is 1.81 bits per heavy atom. The van der Waals surface area contributed by atoms with Crippen LogP contribution in [0, 0.1) is 5.82 Å². The van der Waals surface area contributed by atoms with Crippen molar-refractivity contribution < 1.29 is 18.7 Å². The fraction of sp³-hybridized carbons (Fsp3) is 0.0870. The molecule has 1 amide bonds.